The van der Waals surface area contributed by atoms with Gasteiger partial charge in [0.15, 0.2) is 0 Å². The van der Waals surface area contributed by atoms with Crippen molar-refractivity contribution in [2.75, 3.05) is 13.2 Å². The highest BCUT2D eigenvalue weighted by molar-refractivity contribution is 7.89. The number of carbonyl (C=O) groups is 1. The molecule has 4 atom stereocenters. The number of pyridine rings is 1. The molecule has 8 rings (SSSR count). The summed E-state index contributed by atoms with van der Waals surface area (Å²) >= 11 is 6.61. The van der Waals surface area contributed by atoms with E-state index in [9.17, 15) is 33.6 Å². The number of halogens is 1. The van der Waals surface area contributed by atoms with Gasteiger partial charge in [-0.2, -0.15) is 0 Å². The molecule has 5 saturated carbocycles. The minimum Gasteiger partial charge on any atom is -0.490 e. The summed E-state index contributed by atoms with van der Waals surface area (Å²) in [5, 5.41) is 51.8. The van der Waals surface area contributed by atoms with Gasteiger partial charge in [0.1, 0.15) is 24.1 Å². The van der Waals surface area contributed by atoms with Crippen molar-refractivity contribution in [3.63, 3.8) is 0 Å². The van der Waals surface area contributed by atoms with Gasteiger partial charge in [-0.3, -0.25) is 9.78 Å². The summed E-state index contributed by atoms with van der Waals surface area (Å²) in [4.78, 5) is 17.8. The smallest absolute Gasteiger partial charge is 0.241 e. The first-order chi connectivity index (χ1) is 25.8. The van der Waals surface area contributed by atoms with E-state index in [4.69, 9.17) is 26.2 Å². The first kappa shape index (κ1) is 39.1. The number of para-hydroxylation sites is 1. The number of hydrogen-bond donors (Lipinski definition) is 7. The molecule has 0 saturated heterocycles. The third-order valence-corrected chi connectivity index (χ3v) is 13.7. The van der Waals surface area contributed by atoms with E-state index in [2.05, 4.69) is 15.0 Å². The lowest BCUT2D eigenvalue weighted by Crippen LogP contribution is -2.60. The van der Waals surface area contributed by atoms with Gasteiger partial charge >= 0.3 is 0 Å². The second-order valence-electron chi connectivity index (χ2n) is 15.4. The van der Waals surface area contributed by atoms with Crippen LogP contribution in [-0.2, 0) is 31.8 Å². The van der Waals surface area contributed by atoms with Crippen molar-refractivity contribution in [1.29, 1.82) is 0 Å². The molecule has 2 aromatic carbocycles. The first-order valence-electron chi connectivity index (χ1n) is 18.6. The molecule has 15 heteroatoms. The molecule has 13 nitrogen and oxygen atoms in total. The normalized spacial score (nSPS) is 25.4. The Morgan fingerprint density at radius 2 is 1.59 bits per heavy atom. The van der Waals surface area contributed by atoms with Crippen LogP contribution in [-0.4, -0.2) is 94.1 Å². The Labute approximate surface area is 319 Å². The zero-order valence-electron chi connectivity index (χ0n) is 29.9. The number of sulfonamides is 1. The Morgan fingerprint density at radius 3 is 2.26 bits per heavy atom. The molecule has 5 aliphatic carbocycles. The molecule has 7 N–H and O–H groups in total. The summed E-state index contributed by atoms with van der Waals surface area (Å²) in [6.07, 6.45) is 3.22. The van der Waals surface area contributed by atoms with E-state index in [-0.39, 0.29) is 30.1 Å². The molecule has 0 aliphatic heterocycles. The van der Waals surface area contributed by atoms with Crippen LogP contribution in [0.15, 0.2) is 65.8 Å². The van der Waals surface area contributed by atoms with E-state index in [1.165, 1.54) is 6.07 Å². The Kier molecular flexibility index (Phi) is 11.1. The standard InChI is InChI=1S/C39H48ClN3O10S/c40-30-8-7-26(19-24(30)23-52-39(16-17-39)29-20-41-18-9-27(29)28-3-1-2-4-33(28)53-25-5-6-25)54(50,51)43-38-13-10-37(11-14-38,12-15-38)36(49)42-21-31(45)34(47)35(48)32(46)22-44/h1-4,7-9,18-20,25,31-32,34-35,43-48H,5-6,10-17,21-23H2,(H,42,49). The minimum atomic E-state index is -3.99. The first-order valence-corrected chi connectivity index (χ1v) is 20.4. The Hall–Kier alpha value is -3.18. The molecule has 2 bridgehead atoms. The lowest BCUT2D eigenvalue weighted by molar-refractivity contribution is -0.140. The molecule has 54 heavy (non-hydrogen) atoms. The number of nitrogens with zero attached hydrogens (tertiary/aromatic N) is 1. The number of aliphatic hydroxyl groups is 5. The number of benzene rings is 2. The maximum Gasteiger partial charge on any atom is 0.241 e. The Morgan fingerprint density at radius 1 is 0.907 bits per heavy atom. The Bertz CT molecular complexity index is 1930. The number of carbonyl (C=O) groups excluding carboxylic acids is 1. The van der Waals surface area contributed by atoms with Gasteiger partial charge < -0.3 is 40.3 Å². The summed E-state index contributed by atoms with van der Waals surface area (Å²) in [5.74, 6) is 0.499. The summed E-state index contributed by atoms with van der Waals surface area (Å²) in [6, 6.07) is 14.6. The topological polar surface area (TPSA) is 208 Å². The number of rotatable bonds is 17. The molecule has 1 amide bonds. The molecular formula is C39H48ClN3O10S. The summed E-state index contributed by atoms with van der Waals surface area (Å²) in [6.45, 7) is -1.09. The summed E-state index contributed by atoms with van der Waals surface area (Å²) in [7, 11) is -3.99. The van der Waals surface area contributed by atoms with Gasteiger partial charge in [0.2, 0.25) is 15.9 Å². The minimum absolute atomic E-state index is 0.0687. The van der Waals surface area contributed by atoms with Gasteiger partial charge in [-0.1, -0.05) is 29.8 Å². The average molecular weight is 786 g/mol. The molecular weight excluding hydrogens is 738 g/mol. The SMILES string of the molecule is O=C(NCC(O)C(O)C(O)C(O)CO)C12CCC(NS(=O)(=O)c3ccc(Cl)c(COC4(c5cnccc5-c5ccccc5OC5CC5)CC4)c3)(CC1)CC2. The van der Waals surface area contributed by atoms with E-state index in [1.54, 1.807) is 18.3 Å². The predicted molar refractivity (Wildman–Crippen MR) is 198 cm³/mol. The quantitative estimate of drug-likeness (QED) is 0.106. The molecule has 5 aliphatic rings. The van der Waals surface area contributed by atoms with Crippen molar-refractivity contribution in [2.45, 2.75) is 117 Å². The zero-order valence-corrected chi connectivity index (χ0v) is 31.4. The molecule has 3 aromatic rings. The highest BCUT2D eigenvalue weighted by Crippen LogP contribution is 2.54. The molecule has 0 radical (unpaired) electrons. The van der Waals surface area contributed by atoms with Crippen LogP contribution in [0.1, 0.15) is 75.3 Å². The molecule has 1 heterocycles. The van der Waals surface area contributed by atoms with Crippen LogP contribution in [0.25, 0.3) is 11.1 Å². The average Bonchev–Trinajstić information content (AvgIpc) is 4.14. The number of hydrogen-bond acceptors (Lipinski definition) is 11. The monoisotopic (exact) mass is 785 g/mol. The fraction of sp³-hybridized carbons (Fsp3) is 0.538. The fourth-order valence-electron chi connectivity index (χ4n) is 7.89. The summed E-state index contributed by atoms with van der Waals surface area (Å²) < 4.78 is 43.5. The molecule has 1 aromatic heterocycles. The molecule has 5 fully saturated rings. The highest BCUT2D eigenvalue weighted by Gasteiger charge is 2.54. The van der Waals surface area contributed by atoms with Crippen LogP contribution in [0.5, 0.6) is 5.75 Å². The van der Waals surface area contributed by atoms with Gasteiger partial charge in [-0.15, -0.1) is 0 Å². The Balaban J connectivity index is 0.986. The number of ether oxygens (including phenoxy) is 2. The van der Waals surface area contributed by atoms with Crippen LogP contribution >= 0.6 is 11.6 Å². The number of aromatic nitrogens is 1. The van der Waals surface area contributed by atoms with Crippen molar-refractivity contribution in [3.8, 4) is 16.9 Å². The number of aliphatic hydroxyl groups excluding tert-OH is 5. The largest absolute Gasteiger partial charge is 0.490 e. The van der Waals surface area contributed by atoms with E-state index in [1.807, 2.05) is 36.5 Å². The maximum atomic E-state index is 13.9. The van der Waals surface area contributed by atoms with E-state index >= 15 is 0 Å². The van der Waals surface area contributed by atoms with Crippen LogP contribution in [0.3, 0.4) is 0 Å². The second kappa shape index (κ2) is 15.4. The van der Waals surface area contributed by atoms with Crippen molar-refractivity contribution in [1.82, 2.24) is 15.0 Å². The van der Waals surface area contributed by atoms with Crippen LogP contribution < -0.4 is 14.8 Å². The van der Waals surface area contributed by atoms with Crippen molar-refractivity contribution < 1.29 is 48.2 Å². The van der Waals surface area contributed by atoms with E-state index < -0.39 is 57.6 Å². The summed E-state index contributed by atoms with van der Waals surface area (Å²) in [5.41, 5.74) is 1.36. The van der Waals surface area contributed by atoms with Crippen molar-refractivity contribution >= 4 is 27.5 Å². The third kappa shape index (κ3) is 8.04. The zero-order chi connectivity index (χ0) is 38.3. The fourth-order valence-corrected chi connectivity index (χ4v) is 9.60. The predicted octanol–water partition coefficient (Wildman–Crippen LogP) is 3.07. The lowest BCUT2D eigenvalue weighted by Gasteiger charge is -2.52. The molecule has 4 unspecified atom stereocenters. The maximum absolute atomic E-state index is 13.9. The van der Waals surface area contributed by atoms with Crippen LogP contribution in [0.2, 0.25) is 5.02 Å². The number of fused-ring (bicyclic) bond motifs is 3. The van der Waals surface area contributed by atoms with Gasteiger partial charge in [0, 0.05) is 46.0 Å². The van der Waals surface area contributed by atoms with Gasteiger partial charge in [0.25, 0.3) is 0 Å². The van der Waals surface area contributed by atoms with E-state index in [0.29, 0.717) is 49.1 Å². The van der Waals surface area contributed by atoms with Gasteiger partial charge in [-0.05, 0) is 106 Å². The molecule has 0 spiro atoms. The van der Waals surface area contributed by atoms with Crippen molar-refractivity contribution in [2.24, 2.45) is 5.41 Å². The number of amides is 1. The number of nitrogens with one attached hydrogen (secondary N) is 2. The molecule has 292 valence electrons. The third-order valence-electron chi connectivity index (χ3n) is 11.7. The van der Waals surface area contributed by atoms with Gasteiger partial charge in [-0.25, -0.2) is 13.1 Å². The van der Waals surface area contributed by atoms with Crippen molar-refractivity contribution in [3.05, 3.63) is 77.1 Å². The highest BCUT2D eigenvalue weighted by atomic mass is 35.5. The van der Waals surface area contributed by atoms with Crippen LogP contribution in [0.4, 0.5) is 0 Å². The van der Waals surface area contributed by atoms with E-state index in [0.717, 1.165) is 48.1 Å². The lowest BCUT2D eigenvalue weighted by atomic mass is 9.57. The van der Waals surface area contributed by atoms with Gasteiger partial charge in [0.05, 0.1) is 35.9 Å². The second-order valence-corrected chi connectivity index (χ2v) is 17.5. The van der Waals surface area contributed by atoms with Crippen LogP contribution in [0, 0.1) is 5.41 Å².